The summed E-state index contributed by atoms with van der Waals surface area (Å²) in [6.07, 6.45) is 1.65. The summed E-state index contributed by atoms with van der Waals surface area (Å²) < 4.78 is 4.44. The molecule has 1 aliphatic rings. The third-order valence-corrected chi connectivity index (χ3v) is 2.43. The third kappa shape index (κ3) is 1.93. The standard InChI is InChI=1S/C8H14O3/c1-8(3-4-8)6(9)5-7(10)11-2/h6,9H,3-5H2,1-2H3/t6-/m1/s1. The van der Waals surface area contributed by atoms with Gasteiger partial charge in [-0.15, -0.1) is 0 Å². The van der Waals surface area contributed by atoms with Crippen LogP contribution in [0.1, 0.15) is 26.2 Å². The van der Waals surface area contributed by atoms with Crippen molar-refractivity contribution in [1.82, 2.24) is 0 Å². The predicted molar refractivity (Wildman–Crippen MR) is 40.0 cm³/mol. The van der Waals surface area contributed by atoms with Crippen molar-refractivity contribution in [2.75, 3.05) is 7.11 Å². The summed E-state index contributed by atoms with van der Waals surface area (Å²) in [7, 11) is 1.34. The molecule has 1 aliphatic carbocycles. The molecule has 0 aliphatic heterocycles. The van der Waals surface area contributed by atoms with Crippen molar-refractivity contribution >= 4 is 5.97 Å². The van der Waals surface area contributed by atoms with E-state index in [1.54, 1.807) is 0 Å². The molecule has 0 aromatic carbocycles. The molecule has 0 radical (unpaired) electrons. The number of hydrogen-bond donors (Lipinski definition) is 1. The minimum absolute atomic E-state index is 0.00576. The van der Waals surface area contributed by atoms with E-state index >= 15 is 0 Å². The molecule has 0 aromatic rings. The molecule has 11 heavy (non-hydrogen) atoms. The highest BCUT2D eigenvalue weighted by Gasteiger charge is 2.44. The number of ether oxygens (including phenoxy) is 1. The van der Waals surface area contributed by atoms with Crippen LogP contribution in [-0.2, 0) is 9.53 Å². The summed E-state index contributed by atoms with van der Waals surface area (Å²) >= 11 is 0. The Morgan fingerprint density at radius 3 is 2.64 bits per heavy atom. The van der Waals surface area contributed by atoms with Crippen molar-refractivity contribution in [3.05, 3.63) is 0 Å². The van der Waals surface area contributed by atoms with Gasteiger partial charge in [-0.1, -0.05) is 6.92 Å². The molecule has 1 rings (SSSR count). The lowest BCUT2D eigenvalue weighted by atomic mass is 9.99. The van der Waals surface area contributed by atoms with Crippen LogP contribution >= 0.6 is 0 Å². The van der Waals surface area contributed by atoms with Crippen molar-refractivity contribution < 1.29 is 14.6 Å². The summed E-state index contributed by atoms with van der Waals surface area (Å²) in [4.78, 5) is 10.7. The highest BCUT2D eigenvalue weighted by molar-refractivity contribution is 5.69. The first-order valence-electron chi connectivity index (χ1n) is 3.83. The topological polar surface area (TPSA) is 46.5 Å². The molecule has 1 atom stereocenters. The first-order chi connectivity index (χ1) is 5.08. The number of aliphatic hydroxyl groups excluding tert-OH is 1. The summed E-state index contributed by atoms with van der Waals surface area (Å²) in [5, 5.41) is 9.45. The van der Waals surface area contributed by atoms with Gasteiger partial charge in [-0.2, -0.15) is 0 Å². The smallest absolute Gasteiger partial charge is 0.308 e. The Morgan fingerprint density at radius 1 is 1.73 bits per heavy atom. The summed E-state index contributed by atoms with van der Waals surface area (Å²) in [6.45, 7) is 1.99. The van der Waals surface area contributed by atoms with Gasteiger partial charge in [-0.25, -0.2) is 0 Å². The molecule has 1 fully saturated rings. The second-order valence-corrected chi connectivity index (χ2v) is 3.45. The van der Waals surface area contributed by atoms with Gasteiger partial charge in [-0.05, 0) is 18.3 Å². The fourth-order valence-electron chi connectivity index (χ4n) is 1.02. The Labute approximate surface area is 66.4 Å². The van der Waals surface area contributed by atoms with Crippen molar-refractivity contribution in [3.8, 4) is 0 Å². The van der Waals surface area contributed by atoms with Crippen LogP contribution in [0.5, 0.6) is 0 Å². The number of methoxy groups -OCH3 is 1. The maximum Gasteiger partial charge on any atom is 0.308 e. The molecule has 0 unspecified atom stereocenters. The van der Waals surface area contributed by atoms with Crippen LogP contribution in [0, 0.1) is 5.41 Å². The zero-order chi connectivity index (χ0) is 8.48. The van der Waals surface area contributed by atoms with Gasteiger partial charge >= 0.3 is 5.97 Å². The molecule has 0 saturated heterocycles. The Kier molecular flexibility index (Phi) is 2.18. The van der Waals surface area contributed by atoms with E-state index in [4.69, 9.17) is 0 Å². The van der Waals surface area contributed by atoms with Gasteiger partial charge in [0.15, 0.2) is 0 Å². The molecule has 0 bridgehead atoms. The SMILES string of the molecule is COC(=O)C[C@@H](O)C1(C)CC1. The van der Waals surface area contributed by atoms with Crippen molar-refractivity contribution in [1.29, 1.82) is 0 Å². The van der Waals surface area contributed by atoms with Gasteiger partial charge in [0, 0.05) is 0 Å². The first kappa shape index (κ1) is 8.53. The number of hydrogen-bond acceptors (Lipinski definition) is 3. The second kappa shape index (κ2) is 2.81. The Morgan fingerprint density at radius 2 is 2.27 bits per heavy atom. The van der Waals surface area contributed by atoms with Crippen LogP contribution in [0.25, 0.3) is 0 Å². The lowest BCUT2D eigenvalue weighted by Gasteiger charge is -2.15. The number of esters is 1. The highest BCUT2D eigenvalue weighted by Crippen LogP contribution is 2.48. The highest BCUT2D eigenvalue weighted by atomic mass is 16.5. The molecular weight excluding hydrogens is 144 g/mol. The second-order valence-electron chi connectivity index (χ2n) is 3.45. The fourth-order valence-corrected chi connectivity index (χ4v) is 1.02. The van der Waals surface area contributed by atoms with Crippen molar-refractivity contribution in [2.24, 2.45) is 5.41 Å². The Bertz CT molecular complexity index is 161. The summed E-state index contributed by atoms with van der Waals surface area (Å²) in [5.41, 5.74) is -0.00576. The van der Waals surface area contributed by atoms with E-state index in [0.29, 0.717) is 0 Å². The molecule has 1 saturated carbocycles. The number of carbonyl (C=O) groups is 1. The lowest BCUT2D eigenvalue weighted by Crippen LogP contribution is -2.23. The molecular formula is C8H14O3. The third-order valence-electron chi connectivity index (χ3n) is 2.43. The summed E-state index contributed by atoms with van der Waals surface area (Å²) in [6, 6.07) is 0. The van der Waals surface area contributed by atoms with Crippen LogP contribution in [-0.4, -0.2) is 24.3 Å². The minimum Gasteiger partial charge on any atom is -0.469 e. The predicted octanol–water partition coefficient (Wildman–Crippen LogP) is 0.710. The molecule has 0 spiro atoms. The zero-order valence-corrected chi connectivity index (χ0v) is 6.96. The number of carbonyl (C=O) groups excluding carboxylic acids is 1. The fraction of sp³-hybridized carbons (Fsp3) is 0.875. The van der Waals surface area contributed by atoms with E-state index in [0.717, 1.165) is 12.8 Å². The summed E-state index contributed by atoms with van der Waals surface area (Å²) in [5.74, 6) is -0.328. The van der Waals surface area contributed by atoms with E-state index < -0.39 is 6.10 Å². The van der Waals surface area contributed by atoms with E-state index in [-0.39, 0.29) is 17.8 Å². The van der Waals surface area contributed by atoms with E-state index in [2.05, 4.69) is 4.74 Å². The maximum atomic E-state index is 10.7. The zero-order valence-electron chi connectivity index (χ0n) is 6.96. The van der Waals surface area contributed by atoms with Gasteiger partial charge in [0.1, 0.15) is 0 Å². The molecule has 64 valence electrons. The van der Waals surface area contributed by atoms with Gasteiger partial charge < -0.3 is 9.84 Å². The number of rotatable bonds is 3. The van der Waals surface area contributed by atoms with E-state index in [9.17, 15) is 9.90 Å². The maximum absolute atomic E-state index is 10.7. The van der Waals surface area contributed by atoms with Crippen LogP contribution < -0.4 is 0 Å². The van der Waals surface area contributed by atoms with Gasteiger partial charge in [-0.3, -0.25) is 4.79 Å². The van der Waals surface area contributed by atoms with Gasteiger partial charge in [0.2, 0.25) is 0 Å². The molecule has 1 N–H and O–H groups in total. The first-order valence-corrected chi connectivity index (χ1v) is 3.83. The van der Waals surface area contributed by atoms with Gasteiger partial charge in [0.05, 0.1) is 19.6 Å². The Hall–Kier alpha value is -0.570. The van der Waals surface area contributed by atoms with Gasteiger partial charge in [0.25, 0.3) is 0 Å². The van der Waals surface area contributed by atoms with Crippen molar-refractivity contribution in [3.63, 3.8) is 0 Å². The quantitative estimate of drug-likeness (QED) is 0.615. The van der Waals surface area contributed by atoms with Crippen LogP contribution in [0.4, 0.5) is 0 Å². The minimum atomic E-state index is -0.519. The molecule has 0 amide bonds. The molecule has 0 heterocycles. The molecule has 3 heteroatoms. The molecule has 3 nitrogen and oxygen atoms in total. The van der Waals surface area contributed by atoms with Crippen LogP contribution in [0.2, 0.25) is 0 Å². The number of aliphatic hydroxyl groups is 1. The monoisotopic (exact) mass is 158 g/mol. The average molecular weight is 158 g/mol. The normalized spacial score (nSPS) is 22.5. The Balaban J connectivity index is 2.31. The lowest BCUT2D eigenvalue weighted by molar-refractivity contribution is -0.143. The largest absolute Gasteiger partial charge is 0.469 e. The van der Waals surface area contributed by atoms with Crippen LogP contribution in [0.3, 0.4) is 0 Å². The average Bonchev–Trinajstić information content (AvgIpc) is 2.69. The van der Waals surface area contributed by atoms with Crippen LogP contribution in [0.15, 0.2) is 0 Å². The van der Waals surface area contributed by atoms with Crippen molar-refractivity contribution in [2.45, 2.75) is 32.3 Å². The van der Waals surface area contributed by atoms with E-state index in [1.807, 2.05) is 6.92 Å². The van der Waals surface area contributed by atoms with E-state index in [1.165, 1.54) is 7.11 Å². The molecule has 0 aromatic heterocycles.